The molecule has 0 spiro atoms. The van der Waals surface area contributed by atoms with Crippen LogP contribution in [-0.2, 0) is 6.54 Å². The molecule has 0 saturated heterocycles. The number of aliphatic imine (C=N–C) groups is 1. The number of anilines is 2. The normalized spacial score (nSPS) is 12.7. The lowest BCUT2D eigenvalue weighted by Gasteiger charge is -2.34. The average Bonchev–Trinajstić information content (AvgIpc) is 3.60. The van der Waals surface area contributed by atoms with Gasteiger partial charge in [-0.05, 0) is 60.3 Å². The fourth-order valence-corrected chi connectivity index (χ4v) is 8.13. The molecule has 198 valence electrons. The van der Waals surface area contributed by atoms with E-state index in [-0.39, 0.29) is 0 Å². The summed E-state index contributed by atoms with van der Waals surface area (Å²) in [5.74, 6) is 0. The standard InChI is InChI=1S/C38H25N3S/c1-39-29-15-5-8-18-32(29)40-23-24-21-22-33-37(36(24)27-12-2-6-16-30(27)40)28-13-3-7-17-31(28)41(33)34-19-10-14-26-25-11-4-9-20-35(25)42-38(26)34/h2-22H,1,23H2. The number of aromatic nitrogens is 1. The third-order valence-corrected chi connectivity index (χ3v) is 9.89. The average molecular weight is 556 g/mol. The Balaban J connectivity index is 1.36. The van der Waals surface area contributed by atoms with Crippen molar-refractivity contribution in [3.63, 3.8) is 0 Å². The van der Waals surface area contributed by atoms with Crippen LogP contribution in [0, 0.1) is 0 Å². The van der Waals surface area contributed by atoms with E-state index < -0.39 is 0 Å². The van der Waals surface area contributed by atoms with Gasteiger partial charge in [-0.2, -0.15) is 0 Å². The lowest BCUT2D eigenvalue weighted by Crippen LogP contribution is -2.21. The van der Waals surface area contributed by atoms with E-state index in [1.807, 2.05) is 23.5 Å². The van der Waals surface area contributed by atoms with Crippen molar-refractivity contribution in [2.24, 2.45) is 4.99 Å². The summed E-state index contributed by atoms with van der Waals surface area (Å²) in [7, 11) is 0. The molecule has 4 heteroatoms. The molecule has 0 unspecified atom stereocenters. The van der Waals surface area contributed by atoms with Gasteiger partial charge in [-0.15, -0.1) is 11.3 Å². The highest BCUT2D eigenvalue weighted by atomic mass is 32.1. The minimum absolute atomic E-state index is 0.764. The predicted octanol–water partition coefficient (Wildman–Crippen LogP) is 10.8. The monoisotopic (exact) mass is 555 g/mol. The van der Waals surface area contributed by atoms with Crippen LogP contribution in [0.4, 0.5) is 17.1 Å². The lowest BCUT2D eigenvalue weighted by atomic mass is 9.89. The molecule has 0 atom stereocenters. The fraction of sp³-hybridized carbons (Fsp3) is 0.0263. The molecule has 0 saturated carbocycles. The SMILES string of the molecule is C=Nc1ccccc1N1Cc2ccc3c(c2-c2ccccc21)c1ccccc1n3-c1cccc2c1sc1ccccc12. The molecular formula is C38H25N3S. The largest absolute Gasteiger partial charge is 0.335 e. The number of para-hydroxylation sites is 4. The van der Waals surface area contributed by atoms with E-state index in [1.54, 1.807) is 0 Å². The van der Waals surface area contributed by atoms with Crippen LogP contribution >= 0.6 is 11.3 Å². The van der Waals surface area contributed by atoms with E-state index in [0.29, 0.717) is 0 Å². The highest BCUT2D eigenvalue weighted by Crippen LogP contribution is 2.50. The van der Waals surface area contributed by atoms with Gasteiger partial charge in [0.2, 0.25) is 0 Å². The second-order valence-corrected chi connectivity index (χ2v) is 11.9. The van der Waals surface area contributed by atoms with Crippen LogP contribution in [0.15, 0.2) is 132 Å². The van der Waals surface area contributed by atoms with Gasteiger partial charge in [0.05, 0.1) is 32.8 Å². The van der Waals surface area contributed by atoms with Crippen LogP contribution in [0.5, 0.6) is 0 Å². The molecule has 0 radical (unpaired) electrons. The highest BCUT2D eigenvalue weighted by Gasteiger charge is 2.28. The Kier molecular flexibility index (Phi) is 4.98. The molecule has 1 aliphatic rings. The van der Waals surface area contributed by atoms with Crippen molar-refractivity contribution in [1.29, 1.82) is 0 Å². The van der Waals surface area contributed by atoms with Crippen LogP contribution in [0.2, 0.25) is 0 Å². The first kappa shape index (κ1) is 23.5. The zero-order valence-electron chi connectivity index (χ0n) is 22.8. The second kappa shape index (κ2) is 8.90. The fourth-order valence-electron chi connectivity index (χ4n) is 6.93. The number of fused-ring (bicyclic) bond motifs is 10. The van der Waals surface area contributed by atoms with Gasteiger partial charge in [-0.25, -0.2) is 0 Å². The summed E-state index contributed by atoms with van der Waals surface area (Å²) >= 11 is 1.88. The van der Waals surface area contributed by atoms with Crippen LogP contribution in [0.25, 0.3) is 58.8 Å². The number of thiophene rings is 1. The molecular weight excluding hydrogens is 531 g/mol. The van der Waals surface area contributed by atoms with Gasteiger partial charge < -0.3 is 9.47 Å². The maximum absolute atomic E-state index is 4.35. The summed E-state index contributed by atoms with van der Waals surface area (Å²) in [6.07, 6.45) is 0. The third kappa shape index (κ3) is 3.18. The number of rotatable bonds is 3. The molecule has 6 aromatic carbocycles. The quantitative estimate of drug-likeness (QED) is 0.199. The number of hydrogen-bond donors (Lipinski definition) is 0. The molecule has 42 heavy (non-hydrogen) atoms. The Morgan fingerprint density at radius 3 is 2.21 bits per heavy atom. The Labute approximate surface area is 247 Å². The van der Waals surface area contributed by atoms with Gasteiger partial charge in [0, 0.05) is 44.0 Å². The van der Waals surface area contributed by atoms with E-state index in [1.165, 1.54) is 70.0 Å². The molecule has 0 aliphatic carbocycles. The third-order valence-electron chi connectivity index (χ3n) is 8.68. The molecule has 8 aromatic rings. The molecule has 0 amide bonds. The first-order chi connectivity index (χ1) is 20.8. The minimum Gasteiger partial charge on any atom is -0.335 e. The Morgan fingerprint density at radius 1 is 0.595 bits per heavy atom. The summed E-state index contributed by atoms with van der Waals surface area (Å²) < 4.78 is 5.12. The molecule has 3 nitrogen and oxygen atoms in total. The van der Waals surface area contributed by atoms with Crippen molar-refractivity contribution in [2.45, 2.75) is 6.54 Å². The Hall–Kier alpha value is -5.19. The van der Waals surface area contributed by atoms with Gasteiger partial charge in [-0.3, -0.25) is 4.99 Å². The molecule has 9 rings (SSSR count). The first-order valence-electron chi connectivity index (χ1n) is 14.2. The second-order valence-electron chi connectivity index (χ2n) is 10.8. The number of nitrogens with zero attached hydrogens (tertiary/aromatic N) is 3. The smallest absolute Gasteiger partial charge is 0.0859 e. The summed E-state index contributed by atoms with van der Waals surface area (Å²) in [6.45, 7) is 4.61. The summed E-state index contributed by atoms with van der Waals surface area (Å²) in [4.78, 5) is 6.73. The maximum atomic E-state index is 4.35. The Morgan fingerprint density at radius 2 is 1.31 bits per heavy atom. The molecule has 2 aromatic heterocycles. The Bertz CT molecular complexity index is 2370. The van der Waals surface area contributed by atoms with Crippen LogP contribution in [0.1, 0.15) is 5.56 Å². The predicted molar refractivity (Wildman–Crippen MR) is 181 cm³/mol. The van der Waals surface area contributed by atoms with Crippen molar-refractivity contribution in [3.8, 4) is 16.8 Å². The summed E-state index contributed by atoms with van der Waals surface area (Å²) in [5.41, 5.74) is 10.7. The van der Waals surface area contributed by atoms with E-state index >= 15 is 0 Å². The van der Waals surface area contributed by atoms with Gasteiger partial charge in [0.25, 0.3) is 0 Å². The van der Waals surface area contributed by atoms with Crippen molar-refractivity contribution in [2.75, 3.05) is 4.90 Å². The van der Waals surface area contributed by atoms with Crippen LogP contribution in [0.3, 0.4) is 0 Å². The number of hydrogen-bond acceptors (Lipinski definition) is 3. The van der Waals surface area contributed by atoms with Gasteiger partial charge in [0.15, 0.2) is 0 Å². The number of benzene rings is 6. The summed E-state index contributed by atoms with van der Waals surface area (Å²) in [6, 6.07) is 46.0. The topological polar surface area (TPSA) is 20.5 Å². The lowest BCUT2D eigenvalue weighted by molar-refractivity contribution is 0.963. The van der Waals surface area contributed by atoms with E-state index in [2.05, 4.69) is 136 Å². The van der Waals surface area contributed by atoms with Gasteiger partial charge >= 0.3 is 0 Å². The van der Waals surface area contributed by atoms with Crippen LogP contribution in [-0.4, -0.2) is 11.3 Å². The highest BCUT2D eigenvalue weighted by molar-refractivity contribution is 7.26. The molecule has 3 heterocycles. The van der Waals surface area contributed by atoms with Crippen molar-refractivity contribution in [1.82, 2.24) is 4.57 Å². The van der Waals surface area contributed by atoms with Crippen LogP contribution < -0.4 is 4.90 Å². The zero-order chi connectivity index (χ0) is 27.8. The van der Waals surface area contributed by atoms with Crippen molar-refractivity contribution in [3.05, 3.63) is 133 Å². The molecule has 1 aliphatic heterocycles. The van der Waals surface area contributed by atoms with E-state index in [4.69, 9.17) is 0 Å². The first-order valence-corrected chi connectivity index (χ1v) is 15.0. The maximum Gasteiger partial charge on any atom is 0.0859 e. The van der Waals surface area contributed by atoms with Crippen molar-refractivity contribution < 1.29 is 0 Å². The van der Waals surface area contributed by atoms with Gasteiger partial charge in [-0.1, -0.05) is 84.9 Å². The molecule has 0 N–H and O–H groups in total. The molecule has 0 bridgehead atoms. The zero-order valence-corrected chi connectivity index (χ0v) is 23.6. The van der Waals surface area contributed by atoms with Gasteiger partial charge in [0.1, 0.15) is 0 Å². The minimum atomic E-state index is 0.764. The van der Waals surface area contributed by atoms with E-state index in [0.717, 1.165) is 17.9 Å². The van der Waals surface area contributed by atoms with E-state index in [9.17, 15) is 0 Å². The van der Waals surface area contributed by atoms with Crippen molar-refractivity contribution >= 4 is 77.1 Å². The summed E-state index contributed by atoms with van der Waals surface area (Å²) in [5, 5.41) is 5.22. The molecule has 0 fully saturated rings.